The Morgan fingerprint density at radius 2 is 1.86 bits per heavy atom. The summed E-state index contributed by atoms with van der Waals surface area (Å²) in [4.78, 5) is 24.2. The Morgan fingerprint density at radius 3 is 2.41 bits per heavy atom. The van der Waals surface area contributed by atoms with Crippen molar-refractivity contribution >= 4 is 33.9 Å². The molecular weight excluding hydrogens is 458 g/mol. The molecule has 0 atom stereocenters. The zero-order chi connectivity index (χ0) is 27.3. The second-order valence-electron chi connectivity index (χ2n) is 11.0. The van der Waals surface area contributed by atoms with Crippen molar-refractivity contribution in [2.75, 3.05) is 33.7 Å². The first-order chi connectivity index (χ1) is 17.5. The first-order valence-corrected chi connectivity index (χ1v) is 13.6. The van der Waals surface area contributed by atoms with Crippen LogP contribution in [0, 0.1) is 5.41 Å². The number of hydrogen-bond acceptors (Lipinski definition) is 3. The Labute approximate surface area is 223 Å². The van der Waals surface area contributed by atoms with Gasteiger partial charge in [-0.1, -0.05) is 38.5 Å². The molecule has 1 fully saturated rings. The molecule has 0 unspecified atom stereocenters. The van der Waals surface area contributed by atoms with Crippen LogP contribution in [-0.2, 0) is 4.79 Å². The molecule has 1 saturated heterocycles. The summed E-state index contributed by atoms with van der Waals surface area (Å²) in [6.07, 6.45) is 7.15. The lowest BCUT2D eigenvalue weighted by Crippen LogP contribution is -2.40. The van der Waals surface area contributed by atoms with Crippen molar-refractivity contribution in [2.45, 2.75) is 72.6 Å². The van der Waals surface area contributed by atoms with Gasteiger partial charge in [-0.25, -0.2) is 4.99 Å². The highest BCUT2D eigenvalue weighted by Crippen LogP contribution is 2.37. The molecule has 37 heavy (non-hydrogen) atoms. The number of aromatic nitrogens is 1. The van der Waals surface area contributed by atoms with Crippen molar-refractivity contribution in [1.29, 1.82) is 5.41 Å². The number of carbonyl (C=O) groups is 1. The predicted molar refractivity (Wildman–Crippen MR) is 158 cm³/mol. The highest BCUT2D eigenvalue weighted by molar-refractivity contribution is 6.04. The summed E-state index contributed by atoms with van der Waals surface area (Å²) in [7, 11) is 3.65. The van der Waals surface area contributed by atoms with Gasteiger partial charge in [-0.2, -0.15) is 0 Å². The van der Waals surface area contributed by atoms with Crippen molar-refractivity contribution in [1.82, 2.24) is 14.8 Å². The van der Waals surface area contributed by atoms with Crippen LogP contribution >= 0.6 is 0 Å². The highest BCUT2D eigenvalue weighted by atomic mass is 16.2. The van der Waals surface area contributed by atoms with E-state index in [4.69, 9.17) is 5.41 Å². The number of fused-ring (bicyclic) bond motifs is 1. The number of aliphatic imine (C=N–C) groups is 1. The summed E-state index contributed by atoms with van der Waals surface area (Å²) >= 11 is 0. The largest absolute Gasteiger partial charge is 0.354 e. The number of nitrogens with zero attached hydrogens (tertiary/aromatic N) is 3. The molecular formula is C31H45N5O. The molecule has 200 valence electrons. The first kappa shape index (κ1) is 28.6. The van der Waals surface area contributed by atoms with Crippen LogP contribution in [0.3, 0.4) is 0 Å². The van der Waals surface area contributed by atoms with Crippen LogP contribution in [-0.4, -0.2) is 66.0 Å². The molecule has 2 N–H and O–H groups in total. The Morgan fingerprint density at radius 1 is 1.19 bits per heavy atom. The van der Waals surface area contributed by atoms with Crippen LogP contribution in [0.25, 0.3) is 16.5 Å². The second-order valence-corrected chi connectivity index (χ2v) is 11.0. The van der Waals surface area contributed by atoms with E-state index in [0.717, 1.165) is 38.1 Å². The number of amidine groups is 1. The third-order valence-corrected chi connectivity index (χ3v) is 7.28. The topological polar surface area (TPSA) is 75.6 Å². The van der Waals surface area contributed by atoms with E-state index in [1.807, 2.05) is 14.1 Å². The van der Waals surface area contributed by atoms with Gasteiger partial charge in [0.2, 0.25) is 5.91 Å². The lowest BCUT2D eigenvalue weighted by molar-refractivity contribution is -0.130. The van der Waals surface area contributed by atoms with Gasteiger partial charge in [0.15, 0.2) is 0 Å². The molecule has 1 aliphatic rings. The summed E-state index contributed by atoms with van der Waals surface area (Å²) in [5.74, 6) is 1.39. The average molecular weight is 504 g/mol. The monoisotopic (exact) mass is 503 g/mol. The fourth-order valence-electron chi connectivity index (χ4n) is 5.18. The SMILES string of the molecule is CCC(/C=C\C(=C(C)C)c1[nH]c2ccc(C3CCN(CC(=O)N(C)C)CC3)cc2c1C(C)C)=NC(C)=N. The number of likely N-dealkylation sites (tertiary alicyclic amines) is 1. The summed E-state index contributed by atoms with van der Waals surface area (Å²) < 4.78 is 0. The summed E-state index contributed by atoms with van der Waals surface area (Å²) in [6.45, 7) is 15.1. The van der Waals surface area contributed by atoms with Crippen molar-refractivity contribution in [3.05, 3.63) is 52.7 Å². The molecule has 2 heterocycles. The number of nitrogens with one attached hydrogen (secondary N) is 2. The van der Waals surface area contributed by atoms with Crippen molar-refractivity contribution in [2.24, 2.45) is 4.99 Å². The van der Waals surface area contributed by atoms with Gasteiger partial charge in [0.1, 0.15) is 5.84 Å². The maximum absolute atomic E-state index is 12.1. The van der Waals surface area contributed by atoms with E-state index in [1.54, 1.807) is 11.8 Å². The first-order valence-electron chi connectivity index (χ1n) is 13.6. The smallest absolute Gasteiger partial charge is 0.236 e. The van der Waals surface area contributed by atoms with Crippen LogP contribution in [0.15, 0.2) is 40.9 Å². The number of aromatic amines is 1. The standard InChI is InChI=1S/C31H45N5O/c1-9-25(33-22(6)32)11-12-26(20(2)3)31-30(21(4)5)27-18-24(10-13-28(27)34-31)23-14-16-36(17-15-23)19-29(37)35(7)8/h10-13,18,21,23,32,34H,9,14-17,19H2,1-8H3/b12-11-,32-22?,33-25?. The number of rotatable bonds is 8. The molecule has 6 nitrogen and oxygen atoms in total. The van der Waals surface area contributed by atoms with E-state index < -0.39 is 0 Å². The van der Waals surface area contributed by atoms with Crippen LogP contribution in [0.2, 0.25) is 0 Å². The normalized spacial score (nSPS) is 15.6. The number of amides is 1. The molecule has 2 aromatic rings. The molecule has 1 aromatic heterocycles. The van der Waals surface area contributed by atoms with Gasteiger partial charge in [-0.3, -0.25) is 15.1 Å². The molecule has 6 heteroatoms. The molecule has 0 spiro atoms. The minimum absolute atomic E-state index is 0.177. The molecule has 1 aliphatic heterocycles. The highest BCUT2D eigenvalue weighted by Gasteiger charge is 2.24. The number of H-pyrrole nitrogens is 1. The molecule has 3 rings (SSSR count). The number of benzene rings is 1. The molecule has 0 aliphatic carbocycles. The Balaban J connectivity index is 1.93. The van der Waals surface area contributed by atoms with Crippen LogP contribution in [0.5, 0.6) is 0 Å². The van der Waals surface area contributed by atoms with E-state index in [-0.39, 0.29) is 5.91 Å². The van der Waals surface area contributed by atoms with E-state index in [9.17, 15) is 4.79 Å². The van der Waals surface area contributed by atoms with Crippen molar-refractivity contribution in [3.8, 4) is 0 Å². The van der Waals surface area contributed by atoms with E-state index >= 15 is 0 Å². The number of likely N-dealkylation sites (N-methyl/N-ethyl adjacent to an activating group) is 1. The Hall–Kier alpha value is -2.99. The number of hydrogen-bond donors (Lipinski definition) is 2. The van der Waals surface area contributed by atoms with Gasteiger partial charge in [0, 0.05) is 36.4 Å². The fourth-order valence-corrected chi connectivity index (χ4v) is 5.18. The average Bonchev–Trinajstić information content (AvgIpc) is 3.21. The Kier molecular flexibility index (Phi) is 9.66. The quantitative estimate of drug-likeness (QED) is 0.237. The minimum atomic E-state index is 0.177. The zero-order valence-corrected chi connectivity index (χ0v) is 24.0. The summed E-state index contributed by atoms with van der Waals surface area (Å²) in [5.41, 5.74) is 8.44. The lowest BCUT2D eigenvalue weighted by atomic mass is 9.87. The van der Waals surface area contributed by atoms with Gasteiger partial charge in [0.05, 0.1) is 6.54 Å². The van der Waals surface area contributed by atoms with Gasteiger partial charge in [-0.05, 0) is 99.9 Å². The Bertz CT molecular complexity index is 1220. The van der Waals surface area contributed by atoms with Gasteiger partial charge in [0.25, 0.3) is 0 Å². The van der Waals surface area contributed by atoms with E-state index in [1.165, 1.54) is 38.9 Å². The fraction of sp³-hybridized carbons (Fsp3) is 0.516. The maximum Gasteiger partial charge on any atom is 0.236 e. The molecule has 1 aromatic carbocycles. The van der Waals surface area contributed by atoms with Gasteiger partial charge < -0.3 is 9.88 Å². The van der Waals surface area contributed by atoms with Crippen LogP contribution in [0.4, 0.5) is 0 Å². The van der Waals surface area contributed by atoms with E-state index in [2.05, 4.69) is 79.8 Å². The summed E-state index contributed by atoms with van der Waals surface area (Å²) in [5, 5.41) is 9.03. The third kappa shape index (κ3) is 7.07. The molecule has 0 radical (unpaired) electrons. The van der Waals surface area contributed by atoms with Gasteiger partial charge in [-0.15, -0.1) is 0 Å². The third-order valence-electron chi connectivity index (χ3n) is 7.28. The molecule has 0 bridgehead atoms. The second kappa shape index (κ2) is 12.5. The van der Waals surface area contributed by atoms with Crippen molar-refractivity contribution < 1.29 is 4.79 Å². The number of allylic oxidation sites excluding steroid dienone is 4. The van der Waals surface area contributed by atoms with Crippen LogP contribution < -0.4 is 0 Å². The number of piperidine rings is 1. The zero-order valence-electron chi connectivity index (χ0n) is 24.0. The van der Waals surface area contributed by atoms with Crippen LogP contribution in [0.1, 0.15) is 89.5 Å². The lowest BCUT2D eigenvalue weighted by Gasteiger charge is -2.32. The van der Waals surface area contributed by atoms with Gasteiger partial charge >= 0.3 is 0 Å². The predicted octanol–water partition coefficient (Wildman–Crippen LogP) is 6.76. The summed E-state index contributed by atoms with van der Waals surface area (Å²) in [6, 6.07) is 6.93. The van der Waals surface area contributed by atoms with E-state index in [0.29, 0.717) is 24.2 Å². The van der Waals surface area contributed by atoms with Crippen molar-refractivity contribution in [3.63, 3.8) is 0 Å². The molecule has 1 amide bonds. The number of carbonyl (C=O) groups excluding carboxylic acids is 1. The minimum Gasteiger partial charge on any atom is -0.354 e. The maximum atomic E-state index is 12.1. The molecule has 0 saturated carbocycles.